The lowest BCUT2D eigenvalue weighted by molar-refractivity contribution is -0.118. The first-order valence-electron chi connectivity index (χ1n) is 9.70. The van der Waals surface area contributed by atoms with E-state index in [1.165, 1.54) is 22.2 Å². The highest BCUT2D eigenvalue weighted by atomic mass is 35.5. The van der Waals surface area contributed by atoms with Gasteiger partial charge >= 0.3 is 0 Å². The highest BCUT2D eigenvalue weighted by molar-refractivity contribution is 7.17. The van der Waals surface area contributed by atoms with Crippen molar-refractivity contribution in [3.63, 3.8) is 0 Å². The molecule has 164 valence electrons. The summed E-state index contributed by atoms with van der Waals surface area (Å²) in [5.74, 6) is 0.779. The van der Waals surface area contributed by atoms with Gasteiger partial charge in [-0.05, 0) is 36.8 Å². The average Bonchev–Trinajstić information content (AvgIpc) is 3.25. The van der Waals surface area contributed by atoms with Gasteiger partial charge in [0.15, 0.2) is 11.5 Å². The third kappa shape index (κ3) is 3.94. The average molecular weight is 470 g/mol. The van der Waals surface area contributed by atoms with Gasteiger partial charge in [0.1, 0.15) is 10.9 Å². The molecule has 0 saturated carbocycles. The van der Waals surface area contributed by atoms with E-state index < -0.39 is 6.04 Å². The van der Waals surface area contributed by atoms with E-state index in [9.17, 15) is 9.59 Å². The Kier molecular flexibility index (Phi) is 6.16. The number of ether oxygens (including phenoxy) is 2. The summed E-state index contributed by atoms with van der Waals surface area (Å²) in [6.07, 6.45) is 1.40. The SMILES string of the molecule is COc1ccc(-c2csc3ncn(C(C)C(=O)Nc4ccccc4Cl)c(=O)c23)cc1OC. The second kappa shape index (κ2) is 9.02. The lowest BCUT2D eigenvalue weighted by atomic mass is 10.1. The second-order valence-corrected chi connectivity index (χ2v) is 8.27. The Hall–Kier alpha value is -3.36. The molecule has 0 fully saturated rings. The van der Waals surface area contributed by atoms with Gasteiger partial charge in [-0.15, -0.1) is 11.3 Å². The van der Waals surface area contributed by atoms with Crippen LogP contribution in [0.25, 0.3) is 21.3 Å². The van der Waals surface area contributed by atoms with Crippen molar-refractivity contribution < 1.29 is 14.3 Å². The molecule has 0 spiro atoms. The van der Waals surface area contributed by atoms with Crippen LogP contribution in [-0.4, -0.2) is 29.7 Å². The zero-order chi connectivity index (χ0) is 22.8. The first kappa shape index (κ1) is 21.9. The molecular weight excluding hydrogens is 450 g/mol. The zero-order valence-corrected chi connectivity index (χ0v) is 19.2. The van der Waals surface area contributed by atoms with Gasteiger partial charge in [-0.2, -0.15) is 0 Å². The number of rotatable bonds is 6. The molecule has 2 aromatic carbocycles. The monoisotopic (exact) mass is 469 g/mol. The van der Waals surface area contributed by atoms with E-state index in [2.05, 4.69) is 10.3 Å². The molecule has 1 amide bonds. The summed E-state index contributed by atoms with van der Waals surface area (Å²) in [7, 11) is 3.12. The van der Waals surface area contributed by atoms with E-state index in [1.54, 1.807) is 51.5 Å². The van der Waals surface area contributed by atoms with Crippen molar-refractivity contribution in [2.24, 2.45) is 0 Å². The molecule has 4 aromatic rings. The van der Waals surface area contributed by atoms with E-state index in [-0.39, 0.29) is 11.5 Å². The van der Waals surface area contributed by atoms with Gasteiger partial charge in [0.05, 0.1) is 36.6 Å². The van der Waals surface area contributed by atoms with Crippen LogP contribution in [0, 0.1) is 0 Å². The standard InChI is InChI=1S/C23H20ClN3O4S/c1-13(21(28)26-17-7-5-4-6-16(17)24)27-12-25-22-20(23(27)29)15(11-32-22)14-8-9-18(30-2)19(10-14)31-3/h4-13H,1-3H3,(H,26,28). The van der Waals surface area contributed by atoms with E-state index in [4.69, 9.17) is 21.1 Å². The Morgan fingerprint density at radius 2 is 1.91 bits per heavy atom. The summed E-state index contributed by atoms with van der Waals surface area (Å²) >= 11 is 7.50. The molecule has 9 heteroatoms. The number of anilines is 1. The normalized spacial score (nSPS) is 11.9. The Morgan fingerprint density at radius 1 is 1.16 bits per heavy atom. The van der Waals surface area contributed by atoms with Crippen molar-refractivity contribution in [2.45, 2.75) is 13.0 Å². The minimum Gasteiger partial charge on any atom is -0.493 e. The van der Waals surface area contributed by atoms with Gasteiger partial charge in [0.2, 0.25) is 5.91 Å². The van der Waals surface area contributed by atoms with E-state index in [0.29, 0.717) is 32.4 Å². The largest absolute Gasteiger partial charge is 0.493 e. The molecule has 0 bridgehead atoms. The van der Waals surface area contributed by atoms with Crippen molar-refractivity contribution in [1.29, 1.82) is 0 Å². The summed E-state index contributed by atoms with van der Waals surface area (Å²) in [4.78, 5) is 31.2. The fourth-order valence-electron chi connectivity index (χ4n) is 3.36. The molecule has 32 heavy (non-hydrogen) atoms. The van der Waals surface area contributed by atoms with Crippen LogP contribution in [-0.2, 0) is 4.79 Å². The van der Waals surface area contributed by atoms with E-state index >= 15 is 0 Å². The molecular formula is C23H20ClN3O4S. The fourth-order valence-corrected chi connectivity index (χ4v) is 4.45. The van der Waals surface area contributed by atoms with Crippen LogP contribution < -0.4 is 20.3 Å². The molecule has 0 aliphatic carbocycles. The van der Waals surface area contributed by atoms with Crippen LogP contribution in [0.5, 0.6) is 11.5 Å². The molecule has 1 unspecified atom stereocenters. The first-order chi connectivity index (χ1) is 15.4. The van der Waals surface area contributed by atoms with Gasteiger partial charge < -0.3 is 14.8 Å². The molecule has 4 rings (SSSR count). The van der Waals surface area contributed by atoms with Gasteiger partial charge in [0.25, 0.3) is 5.56 Å². The number of methoxy groups -OCH3 is 2. The highest BCUT2D eigenvalue weighted by Crippen LogP contribution is 2.36. The number of hydrogen-bond donors (Lipinski definition) is 1. The molecule has 0 saturated heterocycles. The Balaban J connectivity index is 1.74. The Bertz CT molecular complexity index is 1370. The molecule has 2 aromatic heterocycles. The number of nitrogens with zero attached hydrogens (tertiary/aromatic N) is 2. The molecule has 0 aliphatic heterocycles. The number of para-hydroxylation sites is 1. The van der Waals surface area contributed by atoms with Crippen LogP contribution in [0.3, 0.4) is 0 Å². The number of halogens is 1. The van der Waals surface area contributed by atoms with Gasteiger partial charge in [-0.3, -0.25) is 14.2 Å². The van der Waals surface area contributed by atoms with Crippen molar-refractivity contribution in [3.05, 3.63) is 69.5 Å². The maximum absolute atomic E-state index is 13.4. The Labute approximate surface area is 193 Å². The lowest BCUT2D eigenvalue weighted by Gasteiger charge is -2.16. The predicted molar refractivity (Wildman–Crippen MR) is 127 cm³/mol. The van der Waals surface area contributed by atoms with Gasteiger partial charge in [-0.1, -0.05) is 29.8 Å². The lowest BCUT2D eigenvalue weighted by Crippen LogP contribution is -2.31. The number of hydrogen-bond acceptors (Lipinski definition) is 6. The highest BCUT2D eigenvalue weighted by Gasteiger charge is 2.21. The molecule has 0 radical (unpaired) electrons. The molecule has 1 N–H and O–H groups in total. The topological polar surface area (TPSA) is 82.5 Å². The smallest absolute Gasteiger partial charge is 0.263 e. The maximum atomic E-state index is 13.4. The molecule has 0 aliphatic rings. The number of aromatic nitrogens is 2. The van der Waals surface area contributed by atoms with Crippen molar-refractivity contribution in [2.75, 3.05) is 19.5 Å². The minimum absolute atomic E-state index is 0.303. The number of amides is 1. The van der Waals surface area contributed by atoms with Crippen molar-refractivity contribution in [1.82, 2.24) is 9.55 Å². The third-order valence-electron chi connectivity index (χ3n) is 5.14. The number of fused-ring (bicyclic) bond motifs is 1. The molecule has 7 nitrogen and oxygen atoms in total. The van der Waals surface area contributed by atoms with E-state index in [1.807, 2.05) is 17.5 Å². The van der Waals surface area contributed by atoms with E-state index in [0.717, 1.165) is 11.1 Å². The Morgan fingerprint density at radius 3 is 2.62 bits per heavy atom. The number of thiophene rings is 1. The van der Waals surface area contributed by atoms with Gasteiger partial charge in [-0.25, -0.2) is 4.98 Å². The quantitative estimate of drug-likeness (QED) is 0.430. The first-order valence-corrected chi connectivity index (χ1v) is 11.0. The summed E-state index contributed by atoms with van der Waals surface area (Å²) in [6, 6.07) is 11.6. The number of benzene rings is 2. The zero-order valence-electron chi connectivity index (χ0n) is 17.6. The molecule has 1 atom stereocenters. The third-order valence-corrected chi connectivity index (χ3v) is 6.36. The van der Waals surface area contributed by atoms with Crippen molar-refractivity contribution >= 4 is 44.7 Å². The van der Waals surface area contributed by atoms with Gasteiger partial charge in [0, 0.05) is 10.9 Å². The van der Waals surface area contributed by atoms with Crippen molar-refractivity contribution in [3.8, 4) is 22.6 Å². The van der Waals surface area contributed by atoms with Crippen LogP contribution in [0.1, 0.15) is 13.0 Å². The number of nitrogens with one attached hydrogen (secondary N) is 1. The molecule has 2 heterocycles. The van der Waals surface area contributed by atoms with Crippen LogP contribution >= 0.6 is 22.9 Å². The number of carbonyl (C=O) groups excluding carboxylic acids is 1. The van der Waals surface area contributed by atoms with Crippen LogP contribution in [0.15, 0.2) is 59.0 Å². The summed E-state index contributed by atoms with van der Waals surface area (Å²) < 4.78 is 12.0. The summed E-state index contributed by atoms with van der Waals surface area (Å²) in [5.41, 5.74) is 1.69. The summed E-state index contributed by atoms with van der Waals surface area (Å²) in [5, 5.41) is 5.50. The van der Waals surface area contributed by atoms with Crippen LogP contribution in [0.2, 0.25) is 5.02 Å². The second-order valence-electron chi connectivity index (χ2n) is 7.00. The van der Waals surface area contributed by atoms with Crippen LogP contribution in [0.4, 0.5) is 5.69 Å². The fraction of sp³-hybridized carbons (Fsp3) is 0.174. The predicted octanol–water partition coefficient (Wildman–Crippen LogP) is 5.00. The minimum atomic E-state index is -0.797. The summed E-state index contributed by atoms with van der Waals surface area (Å²) in [6.45, 7) is 1.64. The maximum Gasteiger partial charge on any atom is 0.263 e. The number of carbonyl (C=O) groups is 1.